The van der Waals surface area contributed by atoms with E-state index in [0.29, 0.717) is 12.5 Å². The van der Waals surface area contributed by atoms with Crippen molar-refractivity contribution >= 4 is 10.0 Å². The standard InChI is InChI=1S/C13H17N3O2S/c1-11(12-5-3-2-4-6-12)7-10-15-19(17,18)13-8-9-14-16-13/h2-6,8-9,11,15H,7,10H2,1H3,(H,14,16). The van der Waals surface area contributed by atoms with E-state index in [1.165, 1.54) is 17.8 Å². The van der Waals surface area contributed by atoms with Crippen LogP contribution >= 0.6 is 0 Å². The highest BCUT2D eigenvalue weighted by Gasteiger charge is 2.15. The number of aromatic nitrogens is 2. The summed E-state index contributed by atoms with van der Waals surface area (Å²) in [4.78, 5) is 0. The highest BCUT2D eigenvalue weighted by Crippen LogP contribution is 2.17. The molecule has 2 rings (SSSR count). The molecule has 0 radical (unpaired) electrons. The van der Waals surface area contributed by atoms with Gasteiger partial charge in [0.2, 0.25) is 0 Å². The maximum Gasteiger partial charge on any atom is 0.257 e. The van der Waals surface area contributed by atoms with E-state index in [9.17, 15) is 8.42 Å². The van der Waals surface area contributed by atoms with Crippen LogP contribution in [0.1, 0.15) is 24.8 Å². The Hall–Kier alpha value is -1.66. The van der Waals surface area contributed by atoms with Gasteiger partial charge in [0.1, 0.15) is 0 Å². The normalized spacial score (nSPS) is 13.3. The summed E-state index contributed by atoms with van der Waals surface area (Å²) in [7, 11) is -3.46. The van der Waals surface area contributed by atoms with Crippen molar-refractivity contribution in [2.45, 2.75) is 24.3 Å². The molecule has 1 aromatic carbocycles. The predicted molar refractivity (Wildman–Crippen MR) is 73.3 cm³/mol. The van der Waals surface area contributed by atoms with Crippen molar-refractivity contribution in [3.05, 3.63) is 48.2 Å². The van der Waals surface area contributed by atoms with E-state index in [2.05, 4.69) is 21.8 Å². The molecule has 0 saturated heterocycles. The van der Waals surface area contributed by atoms with Crippen LogP contribution in [-0.4, -0.2) is 25.2 Å². The minimum Gasteiger partial charge on any atom is -0.266 e. The third-order valence-electron chi connectivity index (χ3n) is 3.00. The molecule has 0 fully saturated rings. The summed E-state index contributed by atoms with van der Waals surface area (Å²) in [5.74, 6) is 0.311. The SMILES string of the molecule is CC(CCNS(=O)(=O)c1ccn[nH]1)c1ccccc1. The molecular formula is C13H17N3O2S. The fourth-order valence-electron chi connectivity index (χ4n) is 1.83. The molecule has 1 heterocycles. The zero-order chi connectivity index (χ0) is 13.7. The van der Waals surface area contributed by atoms with Gasteiger partial charge >= 0.3 is 0 Å². The number of hydrogen-bond donors (Lipinski definition) is 2. The van der Waals surface area contributed by atoms with E-state index < -0.39 is 10.0 Å². The fraction of sp³-hybridized carbons (Fsp3) is 0.308. The largest absolute Gasteiger partial charge is 0.266 e. The Morgan fingerprint density at radius 2 is 2.00 bits per heavy atom. The first-order valence-electron chi connectivity index (χ1n) is 6.13. The quantitative estimate of drug-likeness (QED) is 0.847. The minimum atomic E-state index is -3.46. The Morgan fingerprint density at radius 3 is 2.63 bits per heavy atom. The fourth-order valence-corrected chi connectivity index (χ4v) is 2.78. The van der Waals surface area contributed by atoms with Crippen molar-refractivity contribution in [3.63, 3.8) is 0 Å². The van der Waals surface area contributed by atoms with Crippen LogP contribution in [0.5, 0.6) is 0 Å². The second kappa shape index (κ2) is 5.99. The number of nitrogens with zero attached hydrogens (tertiary/aromatic N) is 1. The average Bonchev–Trinajstić information content (AvgIpc) is 2.94. The van der Waals surface area contributed by atoms with Crippen LogP contribution in [0.2, 0.25) is 0 Å². The summed E-state index contributed by atoms with van der Waals surface area (Å²) in [6.45, 7) is 2.48. The number of aromatic amines is 1. The summed E-state index contributed by atoms with van der Waals surface area (Å²) in [5, 5.41) is 6.18. The molecule has 0 aliphatic rings. The molecule has 1 unspecified atom stereocenters. The van der Waals surface area contributed by atoms with E-state index in [4.69, 9.17) is 0 Å². The molecule has 0 saturated carbocycles. The predicted octanol–water partition coefficient (Wildman–Crippen LogP) is 1.88. The van der Waals surface area contributed by atoms with Crippen LogP contribution in [0, 0.1) is 0 Å². The maximum absolute atomic E-state index is 11.8. The van der Waals surface area contributed by atoms with Crippen molar-refractivity contribution in [1.29, 1.82) is 0 Å². The van der Waals surface area contributed by atoms with Crippen molar-refractivity contribution in [3.8, 4) is 0 Å². The second-order valence-electron chi connectivity index (χ2n) is 4.42. The van der Waals surface area contributed by atoms with Crippen LogP contribution in [0.3, 0.4) is 0 Å². The van der Waals surface area contributed by atoms with Gasteiger partial charge in [0.15, 0.2) is 5.03 Å². The molecule has 19 heavy (non-hydrogen) atoms. The molecule has 0 aliphatic heterocycles. The van der Waals surface area contributed by atoms with Crippen LogP contribution in [0.25, 0.3) is 0 Å². The molecule has 102 valence electrons. The Balaban J connectivity index is 1.87. The lowest BCUT2D eigenvalue weighted by Crippen LogP contribution is -2.26. The Kier molecular flexibility index (Phi) is 4.34. The van der Waals surface area contributed by atoms with Crippen molar-refractivity contribution in [2.24, 2.45) is 0 Å². The monoisotopic (exact) mass is 279 g/mol. The summed E-state index contributed by atoms with van der Waals surface area (Å²) in [5.41, 5.74) is 1.21. The molecule has 0 spiro atoms. The zero-order valence-corrected chi connectivity index (χ0v) is 11.5. The molecule has 5 nitrogen and oxygen atoms in total. The first kappa shape index (κ1) is 13.8. The zero-order valence-electron chi connectivity index (χ0n) is 10.7. The first-order valence-corrected chi connectivity index (χ1v) is 7.62. The highest BCUT2D eigenvalue weighted by molar-refractivity contribution is 7.89. The van der Waals surface area contributed by atoms with E-state index in [1.54, 1.807) is 0 Å². The van der Waals surface area contributed by atoms with Gasteiger partial charge < -0.3 is 0 Å². The van der Waals surface area contributed by atoms with Gasteiger partial charge in [-0.1, -0.05) is 37.3 Å². The lowest BCUT2D eigenvalue weighted by atomic mass is 9.98. The second-order valence-corrected chi connectivity index (χ2v) is 6.15. The van der Waals surface area contributed by atoms with Crippen LogP contribution in [0.4, 0.5) is 0 Å². The molecule has 1 atom stereocenters. The Labute approximate surface area is 113 Å². The summed E-state index contributed by atoms with van der Waals surface area (Å²) in [6, 6.07) is 11.5. The lowest BCUT2D eigenvalue weighted by molar-refractivity contribution is 0.568. The van der Waals surface area contributed by atoms with E-state index >= 15 is 0 Å². The van der Waals surface area contributed by atoms with Crippen LogP contribution in [-0.2, 0) is 10.0 Å². The Bertz CT molecular complexity index is 594. The van der Waals surface area contributed by atoms with Crippen molar-refractivity contribution in [2.75, 3.05) is 6.54 Å². The van der Waals surface area contributed by atoms with Crippen molar-refractivity contribution in [1.82, 2.24) is 14.9 Å². The molecule has 2 aromatic rings. The minimum absolute atomic E-state index is 0.0971. The molecular weight excluding hydrogens is 262 g/mol. The molecule has 6 heteroatoms. The number of benzene rings is 1. The van der Waals surface area contributed by atoms with E-state index in [-0.39, 0.29) is 5.03 Å². The van der Waals surface area contributed by atoms with Gasteiger partial charge in [-0.25, -0.2) is 13.1 Å². The lowest BCUT2D eigenvalue weighted by Gasteiger charge is -2.12. The van der Waals surface area contributed by atoms with Gasteiger partial charge in [0.05, 0.1) is 6.20 Å². The van der Waals surface area contributed by atoms with Gasteiger partial charge in [-0.2, -0.15) is 5.10 Å². The van der Waals surface area contributed by atoms with Crippen LogP contribution in [0.15, 0.2) is 47.6 Å². The molecule has 0 amide bonds. The highest BCUT2D eigenvalue weighted by atomic mass is 32.2. The van der Waals surface area contributed by atoms with Gasteiger partial charge in [-0.05, 0) is 24.0 Å². The first-order chi connectivity index (χ1) is 9.09. The molecule has 0 bridgehead atoms. The maximum atomic E-state index is 11.8. The molecule has 0 aliphatic carbocycles. The Morgan fingerprint density at radius 1 is 1.26 bits per heavy atom. The number of hydrogen-bond acceptors (Lipinski definition) is 3. The summed E-state index contributed by atoms with van der Waals surface area (Å²) < 4.78 is 26.2. The number of nitrogens with one attached hydrogen (secondary N) is 2. The third kappa shape index (κ3) is 3.65. The van der Waals surface area contributed by atoms with Gasteiger partial charge in [-0.15, -0.1) is 0 Å². The van der Waals surface area contributed by atoms with E-state index in [0.717, 1.165) is 6.42 Å². The molecule has 2 N–H and O–H groups in total. The van der Waals surface area contributed by atoms with Gasteiger partial charge in [0.25, 0.3) is 10.0 Å². The number of H-pyrrole nitrogens is 1. The molecule has 1 aromatic heterocycles. The summed E-state index contributed by atoms with van der Waals surface area (Å²) in [6.07, 6.45) is 2.17. The number of rotatable bonds is 6. The third-order valence-corrected chi connectivity index (χ3v) is 4.39. The average molecular weight is 279 g/mol. The van der Waals surface area contributed by atoms with Gasteiger partial charge in [0, 0.05) is 6.54 Å². The summed E-state index contributed by atoms with van der Waals surface area (Å²) >= 11 is 0. The van der Waals surface area contributed by atoms with Gasteiger partial charge in [-0.3, -0.25) is 5.10 Å². The number of sulfonamides is 1. The topological polar surface area (TPSA) is 74.8 Å². The van der Waals surface area contributed by atoms with E-state index in [1.807, 2.05) is 30.3 Å². The smallest absolute Gasteiger partial charge is 0.257 e. The van der Waals surface area contributed by atoms with Crippen molar-refractivity contribution < 1.29 is 8.42 Å². The van der Waals surface area contributed by atoms with Crippen LogP contribution < -0.4 is 4.72 Å².